The Hall–Kier alpha value is -1.98. The van der Waals surface area contributed by atoms with Gasteiger partial charge in [0.15, 0.2) is 0 Å². The lowest BCUT2D eigenvalue weighted by Crippen LogP contribution is -1.91. The fourth-order valence-corrected chi connectivity index (χ4v) is 1.27. The van der Waals surface area contributed by atoms with Crippen molar-refractivity contribution in [3.63, 3.8) is 0 Å². The van der Waals surface area contributed by atoms with Gasteiger partial charge in [0.25, 0.3) is 0 Å². The van der Waals surface area contributed by atoms with Gasteiger partial charge in [-0.3, -0.25) is 0 Å². The minimum atomic E-state index is 0. The Morgan fingerprint density at radius 1 is 0.750 bits per heavy atom. The van der Waals surface area contributed by atoms with E-state index in [2.05, 4.69) is 0 Å². The van der Waals surface area contributed by atoms with Crippen LogP contribution in [0.2, 0.25) is 0 Å². The van der Waals surface area contributed by atoms with Crippen molar-refractivity contribution in [3.05, 3.63) is 42.0 Å². The summed E-state index contributed by atoms with van der Waals surface area (Å²) >= 11 is 0. The van der Waals surface area contributed by atoms with Gasteiger partial charge in [-0.15, -0.1) is 24.8 Å². The zero-order valence-corrected chi connectivity index (χ0v) is 12.7. The number of phenolic OH excluding ortho intramolecular Hbond substituents is 1. The molecule has 0 atom stereocenters. The van der Waals surface area contributed by atoms with Gasteiger partial charge in [-0.25, -0.2) is 0 Å². The minimum absolute atomic E-state index is 0. The van der Waals surface area contributed by atoms with Gasteiger partial charge in [-0.1, -0.05) is 0 Å². The first-order valence-corrected chi connectivity index (χ1v) is 5.35. The molecular weight excluding hydrogens is 299 g/mol. The standard InChI is InChI=1S/C7H10N2.C6H8N2O.2ClH/c1-5-4-6(8)2-3-7(5)9;7-4-1-2-6(9)5(8)3-4;;/h2-4H,8-9H2,1H3;1-3,9H,7-8H2;2*1H. The molecule has 0 spiro atoms. The predicted octanol–water partition coefficient (Wildman–Crippen LogP) is 2.56. The monoisotopic (exact) mass is 318 g/mol. The van der Waals surface area contributed by atoms with Crippen LogP contribution >= 0.6 is 24.8 Å². The molecule has 0 fully saturated rings. The lowest BCUT2D eigenvalue weighted by atomic mass is 10.2. The highest BCUT2D eigenvalue weighted by atomic mass is 35.5. The molecule has 0 unspecified atom stereocenters. The molecule has 0 saturated heterocycles. The number of hydrogen-bond donors (Lipinski definition) is 5. The Balaban J connectivity index is 0. The molecule has 0 radical (unpaired) electrons. The Kier molecular flexibility index (Phi) is 9.16. The fourth-order valence-electron chi connectivity index (χ4n) is 1.27. The van der Waals surface area contributed by atoms with Crippen molar-refractivity contribution in [2.24, 2.45) is 0 Å². The van der Waals surface area contributed by atoms with Gasteiger partial charge in [0.2, 0.25) is 0 Å². The van der Waals surface area contributed by atoms with Gasteiger partial charge >= 0.3 is 0 Å². The molecule has 0 aliphatic heterocycles. The molecule has 0 aliphatic rings. The number of aromatic hydroxyl groups is 1. The Morgan fingerprint density at radius 2 is 1.25 bits per heavy atom. The topological polar surface area (TPSA) is 124 Å². The number of phenols is 1. The lowest BCUT2D eigenvalue weighted by Gasteiger charge is -1.98. The summed E-state index contributed by atoms with van der Waals surface area (Å²) in [6, 6.07) is 10.0. The molecule has 5 nitrogen and oxygen atoms in total. The van der Waals surface area contributed by atoms with Crippen LogP contribution in [0, 0.1) is 6.92 Å². The van der Waals surface area contributed by atoms with Crippen molar-refractivity contribution in [2.45, 2.75) is 6.92 Å². The van der Waals surface area contributed by atoms with Gasteiger partial charge in [-0.05, 0) is 48.9 Å². The smallest absolute Gasteiger partial charge is 0.138 e. The van der Waals surface area contributed by atoms with E-state index in [-0.39, 0.29) is 30.6 Å². The second-order valence-electron chi connectivity index (χ2n) is 3.93. The van der Waals surface area contributed by atoms with Crippen molar-refractivity contribution < 1.29 is 5.11 Å². The van der Waals surface area contributed by atoms with E-state index >= 15 is 0 Å². The first-order valence-electron chi connectivity index (χ1n) is 5.35. The van der Waals surface area contributed by atoms with E-state index in [0.717, 1.165) is 16.9 Å². The number of aryl methyl sites for hydroxylation is 1. The Bertz CT molecular complexity index is 500. The molecule has 2 rings (SSSR count). The fraction of sp³-hybridized carbons (Fsp3) is 0.0769. The summed E-state index contributed by atoms with van der Waals surface area (Å²) in [6.45, 7) is 1.94. The number of nitrogens with two attached hydrogens (primary N) is 4. The lowest BCUT2D eigenvalue weighted by molar-refractivity contribution is 0.478. The molecule has 2 aromatic carbocycles. The number of halogens is 2. The minimum Gasteiger partial charge on any atom is -0.506 e. The van der Waals surface area contributed by atoms with Crippen LogP contribution in [0.25, 0.3) is 0 Å². The normalized spacial score (nSPS) is 8.45. The van der Waals surface area contributed by atoms with Crippen LogP contribution in [0.3, 0.4) is 0 Å². The number of nitrogen functional groups attached to an aromatic ring is 4. The van der Waals surface area contributed by atoms with E-state index in [9.17, 15) is 0 Å². The number of hydrogen-bond acceptors (Lipinski definition) is 5. The van der Waals surface area contributed by atoms with E-state index in [1.54, 1.807) is 12.1 Å². The number of rotatable bonds is 0. The SMILES string of the molecule is Cc1cc(N)ccc1N.Cl.Cl.Nc1ccc(O)c(N)c1. The average molecular weight is 319 g/mol. The maximum atomic E-state index is 8.86. The molecule has 112 valence electrons. The summed E-state index contributed by atoms with van der Waals surface area (Å²) in [5, 5.41) is 8.86. The molecular formula is C13H20Cl2N4O. The molecule has 0 bridgehead atoms. The average Bonchev–Trinajstić information content (AvgIpc) is 2.30. The van der Waals surface area contributed by atoms with Crippen molar-refractivity contribution in [2.75, 3.05) is 22.9 Å². The van der Waals surface area contributed by atoms with Crippen LogP contribution in [0.5, 0.6) is 5.75 Å². The van der Waals surface area contributed by atoms with E-state index in [1.165, 1.54) is 12.1 Å². The van der Waals surface area contributed by atoms with Crippen LogP contribution < -0.4 is 22.9 Å². The molecule has 0 heterocycles. The highest BCUT2D eigenvalue weighted by Gasteiger charge is 1.93. The first-order chi connectivity index (χ1) is 8.40. The molecule has 7 heteroatoms. The number of anilines is 4. The Labute approximate surface area is 130 Å². The highest BCUT2D eigenvalue weighted by Crippen LogP contribution is 2.20. The maximum absolute atomic E-state index is 8.86. The van der Waals surface area contributed by atoms with E-state index in [4.69, 9.17) is 28.0 Å². The van der Waals surface area contributed by atoms with Crippen molar-refractivity contribution in [1.29, 1.82) is 0 Å². The van der Waals surface area contributed by atoms with Crippen molar-refractivity contribution in [3.8, 4) is 5.75 Å². The first kappa shape index (κ1) is 20.3. The van der Waals surface area contributed by atoms with Crippen LogP contribution in [0.4, 0.5) is 22.7 Å². The van der Waals surface area contributed by atoms with E-state index in [0.29, 0.717) is 11.4 Å². The van der Waals surface area contributed by atoms with Crippen LogP contribution in [0.15, 0.2) is 36.4 Å². The summed E-state index contributed by atoms with van der Waals surface area (Å²) in [4.78, 5) is 0. The van der Waals surface area contributed by atoms with Crippen molar-refractivity contribution in [1.82, 2.24) is 0 Å². The maximum Gasteiger partial charge on any atom is 0.138 e. The third-order valence-electron chi connectivity index (χ3n) is 2.35. The molecule has 0 saturated carbocycles. The summed E-state index contributed by atoms with van der Waals surface area (Å²) < 4.78 is 0. The number of benzene rings is 2. The van der Waals surface area contributed by atoms with Gasteiger partial charge in [-0.2, -0.15) is 0 Å². The Morgan fingerprint density at radius 3 is 1.65 bits per heavy atom. The predicted molar refractivity (Wildman–Crippen MR) is 91.4 cm³/mol. The molecule has 0 aliphatic carbocycles. The third-order valence-corrected chi connectivity index (χ3v) is 2.35. The van der Waals surface area contributed by atoms with Gasteiger partial charge in [0.1, 0.15) is 5.75 Å². The molecule has 0 amide bonds. The highest BCUT2D eigenvalue weighted by molar-refractivity contribution is 5.85. The quantitative estimate of drug-likeness (QED) is 0.290. The second kappa shape index (κ2) is 9.01. The largest absolute Gasteiger partial charge is 0.506 e. The molecule has 2 aromatic rings. The summed E-state index contributed by atoms with van der Waals surface area (Å²) in [5.41, 5.74) is 25.1. The summed E-state index contributed by atoms with van der Waals surface area (Å²) in [7, 11) is 0. The van der Waals surface area contributed by atoms with E-state index < -0.39 is 0 Å². The van der Waals surface area contributed by atoms with E-state index in [1.807, 2.05) is 19.1 Å². The summed E-state index contributed by atoms with van der Waals surface area (Å²) in [6.07, 6.45) is 0. The second-order valence-corrected chi connectivity index (χ2v) is 3.93. The summed E-state index contributed by atoms with van der Waals surface area (Å²) in [5.74, 6) is 0.0733. The molecule has 0 aromatic heterocycles. The van der Waals surface area contributed by atoms with Crippen LogP contribution in [-0.2, 0) is 0 Å². The molecule has 9 N–H and O–H groups in total. The van der Waals surface area contributed by atoms with Gasteiger partial charge < -0.3 is 28.0 Å². The zero-order valence-electron chi connectivity index (χ0n) is 11.0. The molecule has 20 heavy (non-hydrogen) atoms. The van der Waals surface area contributed by atoms with Crippen molar-refractivity contribution >= 4 is 47.6 Å². The van der Waals surface area contributed by atoms with Gasteiger partial charge in [0, 0.05) is 17.1 Å². The third kappa shape index (κ3) is 6.26. The van der Waals surface area contributed by atoms with Crippen LogP contribution in [0.1, 0.15) is 5.56 Å². The zero-order chi connectivity index (χ0) is 13.7. The van der Waals surface area contributed by atoms with Crippen LogP contribution in [-0.4, -0.2) is 5.11 Å². The van der Waals surface area contributed by atoms with Gasteiger partial charge in [0.05, 0.1) is 5.69 Å².